The average Bonchev–Trinajstić information content (AvgIpc) is 3.05. The predicted octanol–water partition coefficient (Wildman–Crippen LogP) is 5.78. The molecule has 0 aliphatic heterocycles. The van der Waals surface area contributed by atoms with Crippen molar-refractivity contribution in [1.29, 1.82) is 0 Å². The van der Waals surface area contributed by atoms with Gasteiger partial charge in [-0.15, -0.1) is 0 Å². The van der Waals surface area contributed by atoms with E-state index in [1.54, 1.807) is 35.0 Å². The minimum Gasteiger partial charge on any atom is -0.493 e. The van der Waals surface area contributed by atoms with E-state index >= 15 is 0 Å². The molecular formula is C37H50N2O9. The number of methoxy groups -OCH3 is 2. The first-order valence-corrected chi connectivity index (χ1v) is 16.4. The first-order valence-electron chi connectivity index (χ1n) is 16.4. The van der Waals surface area contributed by atoms with Crippen LogP contribution in [-0.4, -0.2) is 81.3 Å². The van der Waals surface area contributed by atoms with E-state index in [-0.39, 0.29) is 6.61 Å². The number of aliphatic carboxylic acids is 1. The summed E-state index contributed by atoms with van der Waals surface area (Å²) < 4.78 is 27.4. The highest BCUT2D eigenvalue weighted by molar-refractivity contribution is 5.89. The van der Waals surface area contributed by atoms with Gasteiger partial charge in [-0.25, -0.2) is 9.59 Å². The van der Waals surface area contributed by atoms with Crippen molar-refractivity contribution in [2.75, 3.05) is 45.8 Å². The van der Waals surface area contributed by atoms with Gasteiger partial charge in [0, 0.05) is 31.5 Å². The van der Waals surface area contributed by atoms with E-state index in [0.29, 0.717) is 37.4 Å². The number of hydrogen-bond acceptors (Lipinski definition) is 9. The van der Waals surface area contributed by atoms with Crippen molar-refractivity contribution < 1.29 is 43.2 Å². The van der Waals surface area contributed by atoms with E-state index in [2.05, 4.69) is 41.0 Å². The second-order valence-electron chi connectivity index (χ2n) is 12.4. The zero-order valence-electron chi connectivity index (χ0n) is 28.7. The highest BCUT2D eigenvalue weighted by Gasteiger charge is 2.39. The van der Waals surface area contributed by atoms with Gasteiger partial charge in [0.05, 0.1) is 14.2 Å². The molecule has 11 nitrogen and oxygen atoms in total. The number of carboxylic acids is 1. The Balaban J connectivity index is 1.54. The standard InChI is InChI=1S/C37H50N2O9/c1-37(2,3)48-36(43)34(47-25-32(40)41)33(46-22-12-11-20-38-29-18-19-30(44-4)31(24-29)45-5)35(42)39-21-10-6-7-13-26-16-17-27-14-8-9-15-28(27)23-26/h8-9,14-19,23-24,33-34,38H,6-7,10-13,20-22,25H2,1-5H3,(H,39,42)(H,40,41). The van der Waals surface area contributed by atoms with E-state index in [9.17, 15) is 19.5 Å². The summed E-state index contributed by atoms with van der Waals surface area (Å²) in [6, 6.07) is 20.3. The summed E-state index contributed by atoms with van der Waals surface area (Å²) in [5.41, 5.74) is 1.24. The maximum atomic E-state index is 13.4. The molecule has 0 bridgehead atoms. The van der Waals surface area contributed by atoms with E-state index in [1.165, 1.54) is 16.3 Å². The second kappa shape index (κ2) is 19.5. The molecule has 0 spiro atoms. The molecule has 262 valence electrons. The van der Waals surface area contributed by atoms with Crippen LogP contribution in [0.2, 0.25) is 0 Å². The smallest absolute Gasteiger partial charge is 0.339 e. The summed E-state index contributed by atoms with van der Waals surface area (Å²) in [6.45, 7) is 5.36. The molecule has 1 amide bonds. The number of carboxylic acid groups (broad SMARTS) is 1. The number of carbonyl (C=O) groups excluding carboxylic acids is 2. The van der Waals surface area contributed by atoms with Crippen molar-refractivity contribution in [2.45, 2.75) is 77.1 Å². The predicted molar refractivity (Wildman–Crippen MR) is 185 cm³/mol. The van der Waals surface area contributed by atoms with Crippen LogP contribution >= 0.6 is 0 Å². The number of unbranched alkanes of at least 4 members (excludes halogenated alkanes) is 3. The lowest BCUT2D eigenvalue weighted by molar-refractivity contribution is -0.184. The highest BCUT2D eigenvalue weighted by Crippen LogP contribution is 2.29. The molecule has 2 unspecified atom stereocenters. The van der Waals surface area contributed by atoms with Crippen LogP contribution in [0.25, 0.3) is 10.8 Å². The van der Waals surface area contributed by atoms with Crippen LogP contribution in [0.1, 0.15) is 58.4 Å². The summed E-state index contributed by atoms with van der Waals surface area (Å²) in [4.78, 5) is 37.8. The van der Waals surface area contributed by atoms with Gasteiger partial charge in [0.25, 0.3) is 5.91 Å². The number of aryl methyl sites for hydroxylation is 1. The number of amides is 1. The molecule has 48 heavy (non-hydrogen) atoms. The Hall–Kier alpha value is -4.35. The molecule has 0 fully saturated rings. The summed E-state index contributed by atoms with van der Waals surface area (Å²) in [5.74, 6) is -1.47. The summed E-state index contributed by atoms with van der Waals surface area (Å²) in [6.07, 6.45) is 1.78. The topological polar surface area (TPSA) is 142 Å². The van der Waals surface area contributed by atoms with Crippen LogP contribution in [0.5, 0.6) is 11.5 Å². The molecule has 0 aliphatic rings. The number of benzene rings is 3. The quantitative estimate of drug-likeness (QED) is 0.0947. The third kappa shape index (κ3) is 13.0. The molecule has 2 atom stereocenters. The number of hydrogen-bond donors (Lipinski definition) is 3. The largest absolute Gasteiger partial charge is 0.493 e. The van der Waals surface area contributed by atoms with E-state index in [0.717, 1.165) is 31.4 Å². The zero-order chi connectivity index (χ0) is 34.9. The van der Waals surface area contributed by atoms with E-state index in [1.807, 2.05) is 30.3 Å². The molecule has 3 rings (SSSR count). The Bertz CT molecular complexity index is 1470. The van der Waals surface area contributed by atoms with Crippen LogP contribution in [0.15, 0.2) is 60.7 Å². The third-order valence-electron chi connectivity index (χ3n) is 7.40. The molecule has 0 radical (unpaired) electrons. The van der Waals surface area contributed by atoms with Gasteiger partial charge < -0.3 is 39.4 Å². The van der Waals surface area contributed by atoms with E-state index < -0.39 is 42.3 Å². The maximum absolute atomic E-state index is 13.4. The zero-order valence-corrected chi connectivity index (χ0v) is 28.7. The number of rotatable bonds is 21. The average molecular weight is 667 g/mol. The summed E-state index contributed by atoms with van der Waals surface area (Å²) >= 11 is 0. The van der Waals surface area contributed by atoms with Gasteiger partial charge in [-0.1, -0.05) is 48.9 Å². The third-order valence-corrected chi connectivity index (χ3v) is 7.40. The molecule has 3 aromatic carbocycles. The number of nitrogens with one attached hydrogen (secondary N) is 2. The number of esters is 1. The Kier molecular flexibility index (Phi) is 15.5. The van der Waals surface area contributed by atoms with Gasteiger partial charge in [-0.2, -0.15) is 0 Å². The lowest BCUT2D eigenvalue weighted by atomic mass is 10.0. The monoisotopic (exact) mass is 666 g/mol. The molecule has 0 saturated heterocycles. The van der Waals surface area contributed by atoms with Crippen LogP contribution in [0, 0.1) is 0 Å². The molecule has 11 heteroatoms. The Morgan fingerprint density at radius 1 is 0.771 bits per heavy atom. The fourth-order valence-corrected chi connectivity index (χ4v) is 5.05. The molecule has 0 saturated carbocycles. The Morgan fingerprint density at radius 3 is 2.21 bits per heavy atom. The van der Waals surface area contributed by atoms with Crippen LogP contribution in [-0.2, 0) is 35.0 Å². The van der Waals surface area contributed by atoms with Crippen molar-refractivity contribution in [3.05, 3.63) is 66.2 Å². The maximum Gasteiger partial charge on any atom is 0.339 e. The minimum atomic E-state index is -1.56. The van der Waals surface area contributed by atoms with Gasteiger partial charge in [-0.3, -0.25) is 4.79 Å². The van der Waals surface area contributed by atoms with Gasteiger partial charge in [0.15, 0.2) is 23.7 Å². The molecule has 3 N–H and O–H groups in total. The number of fused-ring (bicyclic) bond motifs is 1. The first-order chi connectivity index (χ1) is 23.0. The van der Waals surface area contributed by atoms with Crippen molar-refractivity contribution in [3.63, 3.8) is 0 Å². The van der Waals surface area contributed by atoms with E-state index in [4.69, 9.17) is 23.7 Å². The minimum absolute atomic E-state index is 0.132. The Labute approximate surface area is 283 Å². The van der Waals surface area contributed by atoms with Crippen LogP contribution < -0.4 is 20.1 Å². The van der Waals surface area contributed by atoms with Gasteiger partial charge >= 0.3 is 11.9 Å². The SMILES string of the molecule is COc1ccc(NCCCCOC(C(=O)NCCCCCc2ccc3ccccc3c2)C(OCC(=O)O)C(=O)OC(C)(C)C)cc1OC. The van der Waals surface area contributed by atoms with Crippen LogP contribution in [0.4, 0.5) is 5.69 Å². The molecular weight excluding hydrogens is 616 g/mol. The van der Waals surface area contributed by atoms with Crippen molar-refractivity contribution in [1.82, 2.24) is 5.32 Å². The first kappa shape index (κ1) is 38.1. The van der Waals surface area contributed by atoms with Crippen molar-refractivity contribution in [2.24, 2.45) is 0 Å². The Morgan fingerprint density at radius 2 is 1.50 bits per heavy atom. The number of anilines is 1. The summed E-state index contributed by atoms with van der Waals surface area (Å²) in [7, 11) is 3.15. The van der Waals surface area contributed by atoms with Gasteiger partial charge in [0.1, 0.15) is 12.2 Å². The molecule has 3 aromatic rings. The van der Waals surface area contributed by atoms with Crippen molar-refractivity contribution >= 4 is 34.3 Å². The number of ether oxygens (including phenoxy) is 5. The summed E-state index contributed by atoms with van der Waals surface area (Å²) in [5, 5.41) is 17.8. The van der Waals surface area contributed by atoms with Gasteiger partial charge in [0.2, 0.25) is 0 Å². The van der Waals surface area contributed by atoms with Crippen molar-refractivity contribution in [3.8, 4) is 11.5 Å². The highest BCUT2D eigenvalue weighted by atomic mass is 16.6. The lowest BCUT2D eigenvalue weighted by Gasteiger charge is -2.28. The van der Waals surface area contributed by atoms with Gasteiger partial charge in [-0.05, 0) is 81.3 Å². The molecule has 0 heterocycles. The lowest BCUT2D eigenvalue weighted by Crippen LogP contribution is -2.51. The molecule has 0 aliphatic carbocycles. The fraction of sp³-hybridized carbons (Fsp3) is 0.486. The normalized spacial score (nSPS) is 12.6. The fourth-order valence-electron chi connectivity index (χ4n) is 5.05. The number of carbonyl (C=O) groups is 3. The van der Waals surface area contributed by atoms with Crippen LogP contribution in [0.3, 0.4) is 0 Å². The second-order valence-corrected chi connectivity index (χ2v) is 12.4. The molecule has 0 aromatic heterocycles.